The second-order valence-corrected chi connectivity index (χ2v) is 3.97. The third kappa shape index (κ3) is 19.4. The van der Waals surface area contributed by atoms with Crippen molar-refractivity contribution in [3.05, 3.63) is 0 Å². The van der Waals surface area contributed by atoms with Crippen molar-refractivity contribution in [2.75, 3.05) is 0 Å². The van der Waals surface area contributed by atoms with Crippen molar-refractivity contribution >= 4 is 22.2 Å². The van der Waals surface area contributed by atoms with Gasteiger partial charge in [0.2, 0.25) is 0 Å². The predicted octanol–water partition coefficient (Wildman–Crippen LogP) is 3.22. The number of hydrogen-bond donors (Lipinski definition) is 1. The Balaban J connectivity index is 0. The van der Waals surface area contributed by atoms with Crippen LogP contribution in [0.3, 0.4) is 0 Å². The van der Waals surface area contributed by atoms with Gasteiger partial charge in [0, 0.05) is 6.42 Å². The number of carbonyl (C=O) groups is 1. The van der Waals surface area contributed by atoms with Crippen molar-refractivity contribution in [1.29, 1.82) is 0 Å². The fraction of sp³-hybridized carbons (Fsp3) is 0.917. The molecule has 0 aliphatic heterocycles. The molecule has 0 aromatic rings. The summed E-state index contributed by atoms with van der Waals surface area (Å²) in [7, 11) is 0. The molecule has 0 aliphatic carbocycles. The SMILES string of the molecule is CCCCCCCCCCCC(=O)O.[O]=[AlH]. The van der Waals surface area contributed by atoms with Crippen LogP contribution < -0.4 is 0 Å². The van der Waals surface area contributed by atoms with E-state index in [1.54, 1.807) is 0 Å². The summed E-state index contributed by atoms with van der Waals surface area (Å²) in [6.45, 7) is 2.23. The molecule has 0 atom stereocenters. The van der Waals surface area contributed by atoms with Crippen LogP contribution in [0.1, 0.15) is 71.1 Å². The molecule has 16 heavy (non-hydrogen) atoms. The first-order valence-corrected chi connectivity index (χ1v) is 6.85. The second-order valence-electron chi connectivity index (χ2n) is 3.97. The third-order valence-electron chi connectivity index (χ3n) is 2.49. The Bertz CT molecular complexity index is 151. The first-order chi connectivity index (χ1) is 7.77. The van der Waals surface area contributed by atoms with Crippen LogP contribution in [0.25, 0.3) is 0 Å². The van der Waals surface area contributed by atoms with E-state index in [1.807, 2.05) is 0 Å². The van der Waals surface area contributed by atoms with Gasteiger partial charge in [-0.05, 0) is 6.42 Å². The fourth-order valence-electron chi connectivity index (χ4n) is 1.59. The minimum atomic E-state index is -0.659. The van der Waals surface area contributed by atoms with E-state index >= 15 is 0 Å². The van der Waals surface area contributed by atoms with E-state index in [0.717, 1.165) is 12.8 Å². The zero-order valence-corrected chi connectivity index (χ0v) is 12.0. The summed E-state index contributed by atoms with van der Waals surface area (Å²) in [6.07, 6.45) is 11.5. The van der Waals surface area contributed by atoms with E-state index in [9.17, 15) is 4.79 Å². The van der Waals surface area contributed by atoms with Gasteiger partial charge < -0.3 is 5.11 Å². The molecule has 4 heteroatoms. The van der Waals surface area contributed by atoms with Gasteiger partial charge in [-0.1, -0.05) is 58.3 Å². The van der Waals surface area contributed by atoms with E-state index in [-0.39, 0.29) is 0 Å². The van der Waals surface area contributed by atoms with Gasteiger partial charge in [0.15, 0.2) is 0 Å². The molecular formula is C12H25AlO3. The molecule has 0 aliphatic rings. The molecule has 94 valence electrons. The summed E-state index contributed by atoms with van der Waals surface area (Å²) in [5.41, 5.74) is 0. The van der Waals surface area contributed by atoms with Crippen LogP contribution in [0.4, 0.5) is 0 Å². The number of carboxylic acids is 1. The molecule has 0 unspecified atom stereocenters. The van der Waals surface area contributed by atoms with E-state index in [2.05, 4.69) is 6.92 Å². The molecular weight excluding hydrogens is 219 g/mol. The topological polar surface area (TPSA) is 54.4 Å². The van der Waals surface area contributed by atoms with E-state index in [0.29, 0.717) is 22.6 Å². The van der Waals surface area contributed by atoms with Gasteiger partial charge in [0.05, 0.1) is 0 Å². The molecule has 0 saturated carbocycles. The molecule has 0 spiro atoms. The molecule has 0 rings (SSSR count). The number of rotatable bonds is 10. The van der Waals surface area contributed by atoms with Gasteiger partial charge in [-0.2, -0.15) is 0 Å². The van der Waals surface area contributed by atoms with E-state index in [4.69, 9.17) is 8.91 Å². The summed E-state index contributed by atoms with van der Waals surface area (Å²) in [5, 5.41) is 8.41. The Morgan fingerprint density at radius 3 is 1.62 bits per heavy atom. The van der Waals surface area contributed by atoms with Crippen LogP contribution in [0, 0.1) is 0 Å². The van der Waals surface area contributed by atoms with Crippen molar-refractivity contribution in [3.8, 4) is 0 Å². The van der Waals surface area contributed by atoms with Crippen LogP contribution in [-0.4, -0.2) is 27.3 Å². The van der Waals surface area contributed by atoms with E-state index in [1.165, 1.54) is 44.9 Å². The van der Waals surface area contributed by atoms with Crippen molar-refractivity contribution in [1.82, 2.24) is 0 Å². The van der Waals surface area contributed by atoms with Gasteiger partial charge in [-0.3, -0.25) is 4.79 Å². The maximum absolute atomic E-state index is 10.2. The van der Waals surface area contributed by atoms with Gasteiger partial charge in [0.1, 0.15) is 0 Å². The van der Waals surface area contributed by atoms with Gasteiger partial charge in [0.25, 0.3) is 0 Å². The summed E-state index contributed by atoms with van der Waals surface area (Å²) >= 11 is 0.611. The molecule has 0 heterocycles. The van der Waals surface area contributed by atoms with E-state index < -0.39 is 5.97 Å². The first kappa shape index (κ1) is 18.2. The Labute approximate surface area is 107 Å². The summed E-state index contributed by atoms with van der Waals surface area (Å²) in [4.78, 5) is 10.2. The number of unbranched alkanes of at least 4 members (excludes halogenated alkanes) is 8. The Morgan fingerprint density at radius 2 is 1.25 bits per heavy atom. The number of carboxylic acid groups (broad SMARTS) is 1. The fourth-order valence-corrected chi connectivity index (χ4v) is 1.59. The van der Waals surface area contributed by atoms with Gasteiger partial charge in [-0.15, -0.1) is 0 Å². The minimum absolute atomic E-state index is 0.343. The summed E-state index contributed by atoms with van der Waals surface area (Å²) < 4.78 is 8.28. The van der Waals surface area contributed by atoms with Crippen molar-refractivity contribution in [2.24, 2.45) is 0 Å². The first-order valence-electron chi connectivity index (χ1n) is 6.28. The van der Waals surface area contributed by atoms with Crippen LogP contribution in [0.5, 0.6) is 0 Å². The Kier molecular flexibility index (Phi) is 19.5. The molecule has 0 saturated heterocycles. The van der Waals surface area contributed by atoms with Crippen molar-refractivity contribution < 1.29 is 13.7 Å². The summed E-state index contributed by atoms with van der Waals surface area (Å²) in [5.74, 6) is -0.659. The normalized spacial score (nSPS) is 9.25. The van der Waals surface area contributed by atoms with Crippen LogP contribution in [-0.2, 0) is 8.60 Å². The van der Waals surface area contributed by atoms with Crippen LogP contribution in [0.15, 0.2) is 0 Å². The number of hydrogen-bond acceptors (Lipinski definition) is 2. The molecule has 0 aromatic heterocycles. The third-order valence-corrected chi connectivity index (χ3v) is 2.49. The standard InChI is InChI=1S/C12H24O2.Al.O.H/c1-2-3-4-5-6-7-8-9-10-11-12(13)14;;;/h2-11H2,1H3,(H,13,14);;;. The predicted molar refractivity (Wildman–Crippen MR) is 67.3 cm³/mol. The quantitative estimate of drug-likeness (QED) is 0.474. The molecule has 1 N–H and O–H groups in total. The van der Waals surface area contributed by atoms with Crippen molar-refractivity contribution in [2.45, 2.75) is 71.1 Å². The van der Waals surface area contributed by atoms with Crippen LogP contribution in [0.2, 0.25) is 0 Å². The molecule has 0 fully saturated rings. The van der Waals surface area contributed by atoms with Gasteiger partial charge in [-0.25, -0.2) is 0 Å². The van der Waals surface area contributed by atoms with Gasteiger partial charge >= 0.3 is 26.0 Å². The monoisotopic (exact) mass is 244 g/mol. The molecule has 0 bridgehead atoms. The zero-order valence-electron chi connectivity index (χ0n) is 10.5. The molecule has 0 amide bonds. The second kappa shape index (κ2) is 17.2. The Morgan fingerprint density at radius 1 is 0.875 bits per heavy atom. The van der Waals surface area contributed by atoms with Crippen molar-refractivity contribution in [3.63, 3.8) is 0 Å². The van der Waals surface area contributed by atoms with Crippen LogP contribution >= 0.6 is 0 Å². The average Bonchev–Trinajstić information content (AvgIpc) is 2.29. The summed E-state index contributed by atoms with van der Waals surface area (Å²) in [6, 6.07) is 0. The molecule has 0 aromatic carbocycles. The average molecular weight is 244 g/mol. The molecule has 3 nitrogen and oxygen atoms in total. The number of aliphatic carboxylic acids is 1. The Hall–Kier alpha value is -0.198. The zero-order chi connectivity index (χ0) is 12.6. The maximum atomic E-state index is 10.2. The molecule has 0 radical (unpaired) electrons.